The summed E-state index contributed by atoms with van der Waals surface area (Å²) in [6.45, 7) is -0.289. The summed E-state index contributed by atoms with van der Waals surface area (Å²) in [6, 6.07) is 0. The van der Waals surface area contributed by atoms with Gasteiger partial charge in [-0.1, -0.05) is 0 Å². The normalized spacial score (nSPS) is 34.2. The minimum absolute atomic E-state index is 0.212. The minimum atomic E-state index is -0.289. The molecule has 1 nitrogen and oxygen atoms in total. The predicted octanol–water partition coefficient (Wildman–Crippen LogP) is 1.46. The van der Waals surface area contributed by atoms with Gasteiger partial charge in [-0.2, -0.15) is 11.8 Å². The Bertz CT molecular complexity index is 97.6. The lowest BCUT2D eigenvalue weighted by Gasteiger charge is -2.25. The van der Waals surface area contributed by atoms with E-state index < -0.39 is 0 Å². The number of aliphatic hydroxyl groups excluding tert-OH is 1. The van der Waals surface area contributed by atoms with Crippen LogP contribution in [0.4, 0.5) is 4.39 Å². The Morgan fingerprint density at radius 3 is 3.00 bits per heavy atom. The smallest absolute Gasteiger partial charge is 0.0898 e. The zero-order valence-electron chi connectivity index (χ0n) is 5.92. The molecule has 3 heteroatoms. The summed E-state index contributed by atoms with van der Waals surface area (Å²) >= 11 is 1.82. The van der Waals surface area contributed by atoms with Gasteiger partial charge in [-0.3, -0.25) is 4.39 Å². The molecule has 0 radical (unpaired) electrons. The number of thioether (sulfide) groups is 1. The molecule has 1 fully saturated rings. The quantitative estimate of drug-likeness (QED) is 0.666. The van der Waals surface area contributed by atoms with Crippen LogP contribution in [0, 0.1) is 5.92 Å². The van der Waals surface area contributed by atoms with Gasteiger partial charge in [0, 0.05) is 0 Å². The van der Waals surface area contributed by atoms with E-state index in [-0.39, 0.29) is 18.7 Å². The molecule has 0 amide bonds. The molecule has 1 aliphatic heterocycles. The van der Waals surface area contributed by atoms with Crippen molar-refractivity contribution in [2.24, 2.45) is 5.92 Å². The van der Waals surface area contributed by atoms with Crippen LogP contribution in [0.5, 0.6) is 0 Å². The molecule has 1 N–H and O–H groups in total. The van der Waals surface area contributed by atoms with E-state index in [4.69, 9.17) is 0 Å². The maximum Gasteiger partial charge on any atom is 0.0898 e. The molecule has 1 aliphatic rings. The van der Waals surface area contributed by atoms with E-state index in [0.717, 1.165) is 17.9 Å². The van der Waals surface area contributed by atoms with Gasteiger partial charge in [-0.15, -0.1) is 0 Å². The Morgan fingerprint density at radius 2 is 2.40 bits per heavy atom. The average molecular weight is 164 g/mol. The number of aliphatic hydroxyl groups is 1. The Balaban J connectivity index is 2.25. The minimum Gasteiger partial charge on any atom is -0.393 e. The van der Waals surface area contributed by atoms with Gasteiger partial charge in [0.05, 0.1) is 12.8 Å². The molecule has 2 unspecified atom stereocenters. The summed E-state index contributed by atoms with van der Waals surface area (Å²) < 4.78 is 11.8. The molecule has 0 saturated carbocycles. The first-order chi connectivity index (χ1) is 4.84. The van der Waals surface area contributed by atoms with Crippen molar-refractivity contribution in [2.45, 2.75) is 18.9 Å². The summed E-state index contributed by atoms with van der Waals surface area (Å²) in [5.41, 5.74) is 0. The molecule has 0 spiro atoms. The van der Waals surface area contributed by atoms with Gasteiger partial charge in [-0.05, 0) is 30.3 Å². The fourth-order valence-electron chi connectivity index (χ4n) is 1.20. The lowest BCUT2D eigenvalue weighted by Crippen LogP contribution is -2.27. The molecule has 0 aromatic heterocycles. The summed E-state index contributed by atoms with van der Waals surface area (Å²) in [7, 11) is 0. The molecule has 1 rings (SSSR count). The maximum atomic E-state index is 11.8. The van der Waals surface area contributed by atoms with E-state index in [0.29, 0.717) is 6.42 Å². The third kappa shape index (κ3) is 2.13. The number of alkyl halides is 1. The first-order valence-corrected chi connectivity index (χ1v) is 4.82. The van der Waals surface area contributed by atoms with Gasteiger partial charge in [0.2, 0.25) is 0 Å². The molecule has 60 valence electrons. The van der Waals surface area contributed by atoms with Crippen molar-refractivity contribution in [1.82, 2.24) is 0 Å². The summed E-state index contributed by atoms with van der Waals surface area (Å²) in [5.74, 6) is 2.18. The van der Waals surface area contributed by atoms with E-state index in [1.807, 2.05) is 11.8 Å². The first-order valence-electron chi connectivity index (χ1n) is 3.66. The second kappa shape index (κ2) is 4.19. The largest absolute Gasteiger partial charge is 0.393 e. The topological polar surface area (TPSA) is 20.2 Å². The van der Waals surface area contributed by atoms with Crippen LogP contribution in [-0.4, -0.2) is 29.4 Å². The highest BCUT2D eigenvalue weighted by Crippen LogP contribution is 2.25. The fourth-order valence-corrected chi connectivity index (χ4v) is 2.47. The lowest BCUT2D eigenvalue weighted by molar-refractivity contribution is 0.103. The van der Waals surface area contributed by atoms with Crippen molar-refractivity contribution in [1.29, 1.82) is 0 Å². The molecule has 0 aromatic rings. The predicted molar refractivity (Wildman–Crippen MR) is 42.0 cm³/mol. The third-order valence-corrected chi connectivity index (χ3v) is 3.10. The van der Waals surface area contributed by atoms with Crippen LogP contribution in [-0.2, 0) is 0 Å². The number of halogens is 1. The zero-order valence-corrected chi connectivity index (χ0v) is 6.74. The van der Waals surface area contributed by atoms with Crippen molar-refractivity contribution in [2.75, 3.05) is 18.2 Å². The van der Waals surface area contributed by atoms with Crippen molar-refractivity contribution >= 4 is 11.8 Å². The highest BCUT2D eigenvalue weighted by molar-refractivity contribution is 7.99. The van der Waals surface area contributed by atoms with Crippen molar-refractivity contribution in [3.63, 3.8) is 0 Å². The van der Waals surface area contributed by atoms with E-state index in [9.17, 15) is 9.50 Å². The Labute approximate surface area is 65.0 Å². The Kier molecular flexibility index (Phi) is 3.49. The lowest BCUT2D eigenvalue weighted by atomic mass is 9.99. The summed E-state index contributed by atoms with van der Waals surface area (Å²) in [5, 5.41) is 9.32. The van der Waals surface area contributed by atoms with E-state index in [1.54, 1.807) is 0 Å². The van der Waals surface area contributed by atoms with Gasteiger partial charge in [0.25, 0.3) is 0 Å². The van der Waals surface area contributed by atoms with Crippen LogP contribution in [0.25, 0.3) is 0 Å². The summed E-state index contributed by atoms with van der Waals surface area (Å²) in [4.78, 5) is 0. The van der Waals surface area contributed by atoms with Crippen LogP contribution in [0.3, 0.4) is 0 Å². The van der Waals surface area contributed by atoms with Crippen LogP contribution in [0.1, 0.15) is 12.8 Å². The highest BCUT2D eigenvalue weighted by Gasteiger charge is 2.22. The van der Waals surface area contributed by atoms with Crippen LogP contribution >= 0.6 is 11.8 Å². The Hall–Kier alpha value is 0.240. The van der Waals surface area contributed by atoms with Gasteiger partial charge in [0.15, 0.2) is 0 Å². The standard InChI is InChI=1S/C7H13FOS/c8-3-1-6-5-10-4-2-7(6)9/h6-7,9H,1-5H2. The molecule has 0 bridgehead atoms. The van der Waals surface area contributed by atoms with E-state index in [1.165, 1.54) is 0 Å². The molecule has 2 atom stereocenters. The van der Waals surface area contributed by atoms with Crippen LogP contribution in [0.15, 0.2) is 0 Å². The first kappa shape index (κ1) is 8.34. The van der Waals surface area contributed by atoms with E-state index in [2.05, 4.69) is 0 Å². The van der Waals surface area contributed by atoms with Gasteiger partial charge in [-0.25, -0.2) is 0 Å². The second-order valence-electron chi connectivity index (χ2n) is 2.67. The van der Waals surface area contributed by atoms with Gasteiger partial charge >= 0.3 is 0 Å². The average Bonchev–Trinajstić information content (AvgIpc) is 1.94. The second-order valence-corrected chi connectivity index (χ2v) is 3.82. The van der Waals surface area contributed by atoms with Crippen molar-refractivity contribution < 1.29 is 9.50 Å². The zero-order chi connectivity index (χ0) is 7.40. The van der Waals surface area contributed by atoms with E-state index >= 15 is 0 Å². The molecular weight excluding hydrogens is 151 g/mol. The van der Waals surface area contributed by atoms with Crippen LogP contribution in [0.2, 0.25) is 0 Å². The van der Waals surface area contributed by atoms with Crippen molar-refractivity contribution in [3.05, 3.63) is 0 Å². The number of hydrogen-bond donors (Lipinski definition) is 1. The van der Waals surface area contributed by atoms with Crippen molar-refractivity contribution in [3.8, 4) is 0 Å². The monoisotopic (exact) mass is 164 g/mol. The fraction of sp³-hybridized carbons (Fsp3) is 1.00. The summed E-state index contributed by atoms with van der Waals surface area (Å²) in [6.07, 6.45) is 1.14. The van der Waals surface area contributed by atoms with Gasteiger partial charge < -0.3 is 5.11 Å². The molecule has 1 heterocycles. The van der Waals surface area contributed by atoms with Crippen LogP contribution < -0.4 is 0 Å². The maximum absolute atomic E-state index is 11.8. The molecule has 10 heavy (non-hydrogen) atoms. The SMILES string of the molecule is OC1CCSCC1CCF. The molecular formula is C7H13FOS. The number of hydrogen-bond acceptors (Lipinski definition) is 2. The molecule has 0 aromatic carbocycles. The molecule has 1 saturated heterocycles. The Morgan fingerprint density at radius 1 is 1.60 bits per heavy atom. The molecule has 0 aliphatic carbocycles. The van der Waals surface area contributed by atoms with Gasteiger partial charge in [0.1, 0.15) is 0 Å². The third-order valence-electron chi connectivity index (χ3n) is 1.91. The highest BCUT2D eigenvalue weighted by atomic mass is 32.2. The number of rotatable bonds is 2.